The third-order valence-corrected chi connectivity index (χ3v) is 11.9. The van der Waals surface area contributed by atoms with Gasteiger partial charge in [0.2, 0.25) is 0 Å². The molecule has 0 spiro atoms. The lowest BCUT2D eigenvalue weighted by molar-refractivity contribution is 0.0781. The van der Waals surface area contributed by atoms with Gasteiger partial charge in [-0.3, -0.25) is 0 Å². The molecule has 1 aromatic carbocycles. The Bertz CT molecular complexity index is 1060. The summed E-state index contributed by atoms with van der Waals surface area (Å²) in [4.78, 5) is 0. The number of hydrogen-bond acceptors (Lipinski definition) is 0. The molecule has 0 fully saturated rings. The van der Waals surface area contributed by atoms with Gasteiger partial charge in [0.15, 0.2) is 0 Å². The summed E-state index contributed by atoms with van der Waals surface area (Å²) in [7, 11) is 0. The number of benzene rings is 1. The average Bonchev–Trinajstić information content (AvgIpc) is 2.91. The van der Waals surface area contributed by atoms with E-state index in [0.29, 0.717) is 16.2 Å². The molecule has 45 heavy (non-hydrogen) atoms. The summed E-state index contributed by atoms with van der Waals surface area (Å²) in [6.07, 6.45) is 13.1. The molecule has 0 aliphatic heterocycles. The van der Waals surface area contributed by atoms with Crippen LogP contribution in [0, 0.1) is 61.2 Å². The van der Waals surface area contributed by atoms with E-state index in [9.17, 15) is 0 Å². The molecule has 0 aromatic heterocycles. The molecular formula is C45H82. The molecule has 0 bridgehead atoms. The maximum absolute atomic E-state index is 4.58. The van der Waals surface area contributed by atoms with Crippen molar-refractivity contribution in [1.82, 2.24) is 0 Å². The Labute approximate surface area is 285 Å². The Morgan fingerprint density at radius 3 is 1.60 bits per heavy atom. The number of allylic oxidation sites excluding steroid dienone is 2. The maximum atomic E-state index is 4.58. The summed E-state index contributed by atoms with van der Waals surface area (Å²) in [6, 6.07) is 0. The van der Waals surface area contributed by atoms with Crippen LogP contribution in [-0.4, -0.2) is 0 Å². The molecule has 0 saturated carbocycles. The van der Waals surface area contributed by atoms with Crippen LogP contribution in [0.3, 0.4) is 0 Å². The minimum atomic E-state index is 0.284. The predicted molar refractivity (Wildman–Crippen MR) is 209 cm³/mol. The van der Waals surface area contributed by atoms with Crippen LogP contribution in [0.5, 0.6) is 0 Å². The Balaban J connectivity index is 0.00000947. The second-order valence-electron chi connectivity index (χ2n) is 18.4. The molecule has 1 rings (SSSR count). The molecule has 0 radical (unpaired) electrons. The SMILES string of the molecule is C=C(CCC(=C)CC(C)(C)CCCC(C)(C)C)Cc1c(C)c(C)c(C)c(CCC(C)(C)C(C)(C)CCC(C)C(C)C)c1C.CC. The van der Waals surface area contributed by atoms with Gasteiger partial charge in [-0.1, -0.05) is 128 Å². The average molecular weight is 623 g/mol. The van der Waals surface area contributed by atoms with E-state index in [2.05, 4.69) is 124 Å². The van der Waals surface area contributed by atoms with Crippen molar-refractivity contribution in [2.75, 3.05) is 0 Å². The van der Waals surface area contributed by atoms with Crippen LogP contribution in [0.1, 0.15) is 188 Å². The van der Waals surface area contributed by atoms with Crippen molar-refractivity contribution >= 4 is 0 Å². The van der Waals surface area contributed by atoms with Gasteiger partial charge in [-0.15, -0.1) is 0 Å². The lowest BCUT2D eigenvalue weighted by atomic mass is 9.62. The van der Waals surface area contributed by atoms with Crippen LogP contribution in [0.15, 0.2) is 24.3 Å². The molecule has 1 aromatic rings. The van der Waals surface area contributed by atoms with Crippen molar-refractivity contribution in [3.63, 3.8) is 0 Å². The summed E-state index contributed by atoms with van der Waals surface area (Å²) < 4.78 is 0. The summed E-state index contributed by atoms with van der Waals surface area (Å²) in [5.74, 6) is 1.55. The number of rotatable bonds is 18. The molecule has 0 N–H and O–H groups in total. The molecule has 1 atom stereocenters. The standard InChI is InChI=1S/C43H76.C2H6/c1-30(2)33(5)22-26-42(15,16)43(17,18)27-23-38-35(7)34(6)36(8)39(37(38)9)28-31(3)20-21-32(4)29-41(13,14)25-19-24-40(10,11)12;1-2/h30,33H,3-4,19-29H2,1-2,5-18H3;1-2H3. The molecule has 262 valence electrons. The van der Waals surface area contributed by atoms with Crippen molar-refractivity contribution < 1.29 is 0 Å². The van der Waals surface area contributed by atoms with Crippen LogP contribution >= 0.6 is 0 Å². The lowest BCUT2D eigenvalue weighted by Crippen LogP contribution is -2.34. The summed E-state index contributed by atoms with van der Waals surface area (Å²) in [6.45, 7) is 51.6. The first-order valence-corrected chi connectivity index (χ1v) is 18.8. The Hall–Kier alpha value is -1.30. The largest absolute Gasteiger partial charge is 0.0998 e. The van der Waals surface area contributed by atoms with Crippen LogP contribution in [0.2, 0.25) is 0 Å². The van der Waals surface area contributed by atoms with Gasteiger partial charge in [-0.05, 0) is 159 Å². The quantitative estimate of drug-likeness (QED) is 0.143. The van der Waals surface area contributed by atoms with E-state index in [0.717, 1.165) is 43.9 Å². The van der Waals surface area contributed by atoms with Crippen molar-refractivity contribution in [1.29, 1.82) is 0 Å². The van der Waals surface area contributed by atoms with E-state index in [1.54, 1.807) is 5.56 Å². The van der Waals surface area contributed by atoms with Crippen molar-refractivity contribution in [3.05, 3.63) is 57.7 Å². The molecular weight excluding hydrogens is 540 g/mol. The highest BCUT2D eigenvalue weighted by Crippen LogP contribution is 2.47. The Morgan fingerprint density at radius 2 is 1.09 bits per heavy atom. The highest BCUT2D eigenvalue weighted by molar-refractivity contribution is 5.51. The molecule has 0 saturated heterocycles. The summed E-state index contributed by atoms with van der Waals surface area (Å²) in [5.41, 5.74) is 13.2. The minimum Gasteiger partial charge on any atom is -0.0998 e. The maximum Gasteiger partial charge on any atom is -0.00642 e. The Kier molecular flexibility index (Phi) is 17.8. The third kappa shape index (κ3) is 14.6. The molecule has 1 unspecified atom stereocenters. The second kappa shape index (κ2) is 18.3. The fourth-order valence-electron chi connectivity index (χ4n) is 6.80. The van der Waals surface area contributed by atoms with Gasteiger partial charge in [0.05, 0.1) is 0 Å². The zero-order valence-electron chi connectivity index (χ0n) is 34.3. The van der Waals surface area contributed by atoms with Gasteiger partial charge in [-0.25, -0.2) is 0 Å². The van der Waals surface area contributed by atoms with Gasteiger partial charge in [0, 0.05) is 0 Å². The van der Waals surface area contributed by atoms with Gasteiger partial charge in [0.25, 0.3) is 0 Å². The van der Waals surface area contributed by atoms with E-state index in [4.69, 9.17) is 0 Å². The first kappa shape index (κ1) is 43.7. The summed E-state index contributed by atoms with van der Waals surface area (Å²) >= 11 is 0. The monoisotopic (exact) mass is 623 g/mol. The first-order chi connectivity index (χ1) is 20.4. The lowest BCUT2D eigenvalue weighted by Gasteiger charge is -2.43. The second-order valence-corrected chi connectivity index (χ2v) is 18.4. The van der Waals surface area contributed by atoms with Crippen molar-refractivity contribution in [2.45, 2.75) is 195 Å². The highest BCUT2D eigenvalue weighted by Gasteiger charge is 2.37. The molecule has 0 heterocycles. The Morgan fingerprint density at radius 1 is 0.600 bits per heavy atom. The molecule has 0 aliphatic rings. The highest BCUT2D eigenvalue weighted by atomic mass is 14.4. The van der Waals surface area contributed by atoms with Crippen LogP contribution in [0.25, 0.3) is 0 Å². The smallest absolute Gasteiger partial charge is 0.00642 e. The predicted octanol–water partition coefficient (Wildman–Crippen LogP) is 15.1. The van der Waals surface area contributed by atoms with E-state index in [-0.39, 0.29) is 5.41 Å². The van der Waals surface area contributed by atoms with E-state index < -0.39 is 0 Å². The van der Waals surface area contributed by atoms with Crippen molar-refractivity contribution in [3.8, 4) is 0 Å². The third-order valence-electron chi connectivity index (χ3n) is 11.9. The molecule has 0 nitrogen and oxygen atoms in total. The number of hydrogen-bond donors (Lipinski definition) is 0. The van der Waals surface area contributed by atoms with E-state index in [1.807, 2.05) is 13.8 Å². The fourth-order valence-corrected chi connectivity index (χ4v) is 6.80. The molecule has 0 aliphatic carbocycles. The molecule has 0 amide bonds. The van der Waals surface area contributed by atoms with E-state index in [1.165, 1.54) is 77.5 Å². The van der Waals surface area contributed by atoms with Gasteiger partial charge < -0.3 is 0 Å². The molecule has 0 heteroatoms. The first-order valence-electron chi connectivity index (χ1n) is 18.8. The normalized spacial score (nSPS) is 13.5. The topological polar surface area (TPSA) is 0 Å². The fraction of sp³-hybridized carbons (Fsp3) is 0.778. The zero-order chi connectivity index (χ0) is 35.6. The van der Waals surface area contributed by atoms with Crippen molar-refractivity contribution in [2.24, 2.45) is 33.5 Å². The minimum absolute atomic E-state index is 0.284. The van der Waals surface area contributed by atoms with Gasteiger partial charge in [0.1, 0.15) is 0 Å². The van der Waals surface area contributed by atoms with Gasteiger partial charge >= 0.3 is 0 Å². The van der Waals surface area contributed by atoms with Crippen LogP contribution in [-0.2, 0) is 12.8 Å². The van der Waals surface area contributed by atoms with Gasteiger partial charge in [-0.2, -0.15) is 0 Å². The summed E-state index contributed by atoms with van der Waals surface area (Å²) in [5, 5.41) is 0. The van der Waals surface area contributed by atoms with E-state index >= 15 is 0 Å². The zero-order valence-corrected chi connectivity index (χ0v) is 34.3. The van der Waals surface area contributed by atoms with Crippen LogP contribution < -0.4 is 0 Å². The van der Waals surface area contributed by atoms with Crippen LogP contribution in [0.4, 0.5) is 0 Å².